The second-order valence-electron chi connectivity index (χ2n) is 4.95. The van der Waals surface area contributed by atoms with E-state index < -0.39 is 0 Å². The Morgan fingerprint density at radius 3 is 2.47 bits per heavy atom. The summed E-state index contributed by atoms with van der Waals surface area (Å²) in [6, 6.07) is 9.69. The molecule has 0 amide bonds. The Kier molecular flexibility index (Phi) is 4.15. The summed E-state index contributed by atoms with van der Waals surface area (Å²) < 4.78 is 0. The quantitative estimate of drug-likeness (QED) is 0.742. The second-order valence-corrected chi connectivity index (χ2v) is 4.95. The third-order valence-electron chi connectivity index (χ3n) is 3.69. The number of hydrogen-bond donors (Lipinski definition) is 3. The molecular formula is C14H23N3. The average Bonchev–Trinajstić information content (AvgIpc) is 2.72. The van der Waals surface area contributed by atoms with E-state index in [1.165, 1.54) is 17.5 Å². The topological polar surface area (TPSA) is 50.1 Å². The van der Waals surface area contributed by atoms with Crippen LogP contribution in [-0.4, -0.2) is 12.6 Å². The van der Waals surface area contributed by atoms with Gasteiger partial charge in [-0.2, -0.15) is 0 Å². The van der Waals surface area contributed by atoms with Crippen LogP contribution < -0.4 is 16.6 Å². The molecule has 1 heterocycles. The Hall–Kier alpha value is -0.900. The van der Waals surface area contributed by atoms with Gasteiger partial charge in [0.2, 0.25) is 0 Å². The van der Waals surface area contributed by atoms with Gasteiger partial charge in [-0.3, -0.25) is 5.43 Å². The molecule has 3 unspecified atom stereocenters. The zero-order valence-electron chi connectivity index (χ0n) is 10.7. The molecule has 4 N–H and O–H groups in total. The molecule has 1 fully saturated rings. The number of nitrogens with one attached hydrogen (secondary N) is 2. The van der Waals surface area contributed by atoms with Crippen molar-refractivity contribution in [2.45, 2.75) is 38.8 Å². The minimum absolute atomic E-state index is 0.339. The van der Waals surface area contributed by atoms with Gasteiger partial charge in [0.1, 0.15) is 0 Å². The summed E-state index contributed by atoms with van der Waals surface area (Å²) in [6.07, 6.45) is 2.36. The zero-order valence-corrected chi connectivity index (χ0v) is 10.7. The summed E-state index contributed by atoms with van der Waals surface area (Å²) in [4.78, 5) is 0. The van der Waals surface area contributed by atoms with Crippen molar-refractivity contribution < 1.29 is 0 Å². The van der Waals surface area contributed by atoms with Gasteiger partial charge in [-0.1, -0.05) is 37.6 Å². The molecule has 3 nitrogen and oxygen atoms in total. The molecule has 2 rings (SSSR count). The predicted molar refractivity (Wildman–Crippen MR) is 71.5 cm³/mol. The first kappa shape index (κ1) is 12.6. The van der Waals surface area contributed by atoms with Gasteiger partial charge >= 0.3 is 0 Å². The van der Waals surface area contributed by atoms with Gasteiger partial charge in [-0.15, -0.1) is 0 Å². The van der Waals surface area contributed by atoms with Gasteiger partial charge in [-0.25, -0.2) is 5.43 Å². The summed E-state index contributed by atoms with van der Waals surface area (Å²) in [5.41, 5.74) is 15.2. The Morgan fingerprint density at radius 1 is 1.18 bits per heavy atom. The molecule has 0 saturated carbocycles. The number of rotatable bonds is 4. The minimum Gasteiger partial charge on any atom is -0.330 e. The zero-order chi connectivity index (χ0) is 12.3. The van der Waals surface area contributed by atoms with Crippen LogP contribution in [0.5, 0.6) is 0 Å². The highest BCUT2D eigenvalue weighted by atomic mass is 15.4. The average molecular weight is 233 g/mol. The highest BCUT2D eigenvalue weighted by molar-refractivity contribution is 5.26. The van der Waals surface area contributed by atoms with Crippen molar-refractivity contribution in [1.82, 2.24) is 10.9 Å². The van der Waals surface area contributed by atoms with E-state index in [4.69, 9.17) is 5.73 Å². The van der Waals surface area contributed by atoms with Crippen molar-refractivity contribution >= 4 is 0 Å². The summed E-state index contributed by atoms with van der Waals surface area (Å²) in [5.74, 6) is 0.465. The molecule has 0 aromatic heterocycles. The maximum atomic E-state index is 5.85. The lowest BCUT2D eigenvalue weighted by atomic mass is 9.90. The molecule has 1 aliphatic rings. The Balaban J connectivity index is 2.11. The van der Waals surface area contributed by atoms with Gasteiger partial charge in [0.25, 0.3) is 0 Å². The van der Waals surface area contributed by atoms with Crippen molar-refractivity contribution in [1.29, 1.82) is 0 Å². The van der Waals surface area contributed by atoms with Gasteiger partial charge in [0.05, 0.1) is 6.04 Å². The maximum absolute atomic E-state index is 5.85. The van der Waals surface area contributed by atoms with Crippen LogP contribution in [0, 0.1) is 5.92 Å². The van der Waals surface area contributed by atoms with Gasteiger partial charge in [-0.05, 0) is 31.0 Å². The molecule has 3 heteroatoms. The first-order valence-electron chi connectivity index (χ1n) is 6.56. The van der Waals surface area contributed by atoms with Crippen molar-refractivity contribution in [2.24, 2.45) is 11.7 Å². The lowest BCUT2D eigenvalue weighted by Gasteiger charge is -2.19. The predicted octanol–water partition coefficient (Wildman–Crippen LogP) is 1.75. The first-order chi connectivity index (χ1) is 8.26. The molecule has 0 spiro atoms. The fourth-order valence-corrected chi connectivity index (χ4v) is 2.58. The van der Waals surface area contributed by atoms with Crippen LogP contribution in [0.25, 0.3) is 0 Å². The summed E-state index contributed by atoms with van der Waals surface area (Å²) in [6.45, 7) is 5.10. The van der Waals surface area contributed by atoms with Crippen LogP contribution >= 0.6 is 0 Å². The third kappa shape index (κ3) is 2.68. The van der Waals surface area contributed by atoms with Crippen LogP contribution in [0.3, 0.4) is 0 Å². The summed E-state index contributed by atoms with van der Waals surface area (Å²) in [7, 11) is 0. The van der Waals surface area contributed by atoms with Gasteiger partial charge in [0.15, 0.2) is 0 Å². The summed E-state index contributed by atoms with van der Waals surface area (Å²) in [5, 5.41) is 0. The molecule has 17 heavy (non-hydrogen) atoms. The number of benzene rings is 1. The lowest BCUT2D eigenvalue weighted by molar-refractivity contribution is 0.444. The lowest BCUT2D eigenvalue weighted by Crippen LogP contribution is -2.30. The van der Waals surface area contributed by atoms with E-state index in [0.29, 0.717) is 24.5 Å². The molecule has 94 valence electrons. The SMILES string of the molecule is CCCc1ccc(C2NNC(C)C2CN)cc1. The Labute approximate surface area is 104 Å². The van der Waals surface area contributed by atoms with Crippen molar-refractivity contribution in [2.75, 3.05) is 6.54 Å². The van der Waals surface area contributed by atoms with Crippen molar-refractivity contribution in [3.05, 3.63) is 35.4 Å². The summed E-state index contributed by atoms with van der Waals surface area (Å²) >= 11 is 0. The van der Waals surface area contributed by atoms with Crippen LogP contribution in [-0.2, 0) is 6.42 Å². The van der Waals surface area contributed by atoms with Crippen LogP contribution in [0.15, 0.2) is 24.3 Å². The minimum atomic E-state index is 0.339. The van der Waals surface area contributed by atoms with E-state index in [0.717, 1.165) is 6.42 Å². The number of nitrogens with two attached hydrogens (primary N) is 1. The van der Waals surface area contributed by atoms with E-state index in [-0.39, 0.29) is 0 Å². The van der Waals surface area contributed by atoms with Crippen molar-refractivity contribution in [3.8, 4) is 0 Å². The van der Waals surface area contributed by atoms with Crippen molar-refractivity contribution in [3.63, 3.8) is 0 Å². The highest BCUT2D eigenvalue weighted by Crippen LogP contribution is 2.28. The fraction of sp³-hybridized carbons (Fsp3) is 0.571. The number of aryl methyl sites for hydroxylation is 1. The number of hydrazine groups is 1. The molecule has 1 aromatic carbocycles. The number of hydrogen-bond acceptors (Lipinski definition) is 3. The van der Waals surface area contributed by atoms with E-state index in [2.05, 4.69) is 49.0 Å². The van der Waals surface area contributed by atoms with Crippen LogP contribution in [0.2, 0.25) is 0 Å². The molecule has 0 radical (unpaired) electrons. The molecule has 1 saturated heterocycles. The fourth-order valence-electron chi connectivity index (χ4n) is 2.58. The molecule has 0 bridgehead atoms. The van der Waals surface area contributed by atoms with Gasteiger partial charge < -0.3 is 5.73 Å². The normalized spacial score (nSPS) is 28.5. The van der Waals surface area contributed by atoms with Crippen LogP contribution in [0.1, 0.15) is 37.4 Å². The third-order valence-corrected chi connectivity index (χ3v) is 3.69. The van der Waals surface area contributed by atoms with E-state index in [1.807, 2.05) is 0 Å². The maximum Gasteiger partial charge on any atom is 0.0517 e. The Morgan fingerprint density at radius 2 is 1.88 bits per heavy atom. The molecular weight excluding hydrogens is 210 g/mol. The van der Waals surface area contributed by atoms with E-state index in [1.54, 1.807) is 0 Å². The largest absolute Gasteiger partial charge is 0.330 e. The molecule has 3 atom stereocenters. The molecule has 1 aromatic rings. The monoisotopic (exact) mass is 233 g/mol. The van der Waals surface area contributed by atoms with E-state index >= 15 is 0 Å². The molecule has 0 aliphatic carbocycles. The Bertz CT molecular complexity index is 347. The van der Waals surface area contributed by atoms with Crippen LogP contribution in [0.4, 0.5) is 0 Å². The smallest absolute Gasteiger partial charge is 0.0517 e. The molecule has 1 aliphatic heterocycles. The highest BCUT2D eigenvalue weighted by Gasteiger charge is 2.32. The second kappa shape index (κ2) is 5.63. The first-order valence-corrected chi connectivity index (χ1v) is 6.56. The van der Waals surface area contributed by atoms with Gasteiger partial charge in [0, 0.05) is 12.0 Å². The standard InChI is InChI=1S/C14H23N3/c1-3-4-11-5-7-12(8-6-11)14-13(9-15)10(2)16-17-14/h5-8,10,13-14,16-17H,3-4,9,15H2,1-2H3. The van der Waals surface area contributed by atoms with E-state index in [9.17, 15) is 0 Å².